The Morgan fingerprint density at radius 3 is 2.53 bits per heavy atom. The number of carbonyl (C=O) groups is 4. The number of thiophene rings is 1. The van der Waals surface area contributed by atoms with Gasteiger partial charge in [-0.1, -0.05) is 30.3 Å². The Hall–Kier alpha value is -3.46. The molecule has 1 aliphatic rings. The first-order chi connectivity index (χ1) is 14.3. The van der Waals surface area contributed by atoms with E-state index in [-0.39, 0.29) is 6.42 Å². The van der Waals surface area contributed by atoms with E-state index >= 15 is 0 Å². The molecule has 3 amide bonds. The summed E-state index contributed by atoms with van der Waals surface area (Å²) in [7, 11) is 1.49. The average molecular weight is 427 g/mol. The maximum absolute atomic E-state index is 12.5. The zero-order valence-electron chi connectivity index (χ0n) is 16.4. The summed E-state index contributed by atoms with van der Waals surface area (Å²) in [6.07, 6.45) is 1.07. The van der Waals surface area contributed by atoms with Crippen LogP contribution in [0.3, 0.4) is 0 Å². The molecule has 0 fully saturated rings. The fourth-order valence-corrected chi connectivity index (χ4v) is 4.18. The SMILES string of the molecule is CC1=CN(C)C(=O)C(NC(=O)NC(CC(=O)O)c2ccc(-c3ccccc3)s2)C1=O. The summed E-state index contributed by atoms with van der Waals surface area (Å²) in [6, 6.07) is 10.3. The van der Waals surface area contributed by atoms with Gasteiger partial charge in [0.15, 0.2) is 11.8 Å². The zero-order chi connectivity index (χ0) is 21.8. The molecule has 30 heavy (non-hydrogen) atoms. The number of carboxylic acid groups (broad SMARTS) is 1. The van der Waals surface area contributed by atoms with Gasteiger partial charge in [0.1, 0.15) is 0 Å². The highest BCUT2D eigenvalue weighted by Gasteiger charge is 2.35. The van der Waals surface area contributed by atoms with Crippen LogP contribution in [-0.4, -0.2) is 46.8 Å². The number of aliphatic carboxylic acids is 1. The van der Waals surface area contributed by atoms with Crippen molar-refractivity contribution in [1.29, 1.82) is 0 Å². The Morgan fingerprint density at radius 2 is 1.87 bits per heavy atom. The molecule has 1 aromatic carbocycles. The minimum atomic E-state index is -1.34. The summed E-state index contributed by atoms with van der Waals surface area (Å²) < 4.78 is 0. The van der Waals surface area contributed by atoms with E-state index in [1.165, 1.54) is 29.5 Å². The van der Waals surface area contributed by atoms with E-state index in [9.17, 15) is 24.3 Å². The van der Waals surface area contributed by atoms with E-state index in [0.29, 0.717) is 10.5 Å². The van der Waals surface area contributed by atoms with Crippen molar-refractivity contribution >= 4 is 35.0 Å². The Bertz CT molecular complexity index is 1010. The zero-order valence-corrected chi connectivity index (χ0v) is 17.2. The summed E-state index contributed by atoms with van der Waals surface area (Å²) in [6.45, 7) is 1.56. The van der Waals surface area contributed by atoms with Crippen LogP contribution >= 0.6 is 11.3 Å². The van der Waals surface area contributed by atoms with Gasteiger partial charge in [-0.25, -0.2) is 4.79 Å². The van der Waals surface area contributed by atoms with Gasteiger partial charge >= 0.3 is 12.0 Å². The van der Waals surface area contributed by atoms with Crippen LogP contribution in [0.4, 0.5) is 4.79 Å². The van der Waals surface area contributed by atoms with Crippen LogP contribution in [0, 0.1) is 0 Å². The number of likely N-dealkylation sites (N-methyl/N-ethyl adjacent to an activating group) is 1. The third-order valence-corrected chi connectivity index (χ3v) is 5.87. The van der Waals surface area contributed by atoms with E-state index in [2.05, 4.69) is 10.6 Å². The third kappa shape index (κ3) is 4.74. The number of hydrogen-bond donors (Lipinski definition) is 3. The number of amides is 3. The van der Waals surface area contributed by atoms with Gasteiger partial charge in [0.25, 0.3) is 5.91 Å². The number of ketones is 1. The van der Waals surface area contributed by atoms with Crippen LogP contribution in [0.5, 0.6) is 0 Å². The number of nitrogens with zero attached hydrogens (tertiary/aromatic N) is 1. The Kier molecular flexibility index (Phi) is 6.31. The van der Waals surface area contributed by atoms with Gasteiger partial charge in [-0.3, -0.25) is 14.4 Å². The largest absolute Gasteiger partial charge is 0.481 e. The van der Waals surface area contributed by atoms with E-state index in [1.807, 2.05) is 36.4 Å². The number of hydrogen-bond acceptors (Lipinski definition) is 5. The van der Waals surface area contributed by atoms with Gasteiger partial charge < -0.3 is 20.6 Å². The van der Waals surface area contributed by atoms with Crippen molar-refractivity contribution in [3.8, 4) is 10.4 Å². The summed E-state index contributed by atoms with van der Waals surface area (Å²) in [5.41, 5.74) is 1.33. The van der Waals surface area contributed by atoms with Crippen LogP contribution < -0.4 is 10.6 Å². The second-order valence-electron chi connectivity index (χ2n) is 6.89. The summed E-state index contributed by atoms with van der Waals surface area (Å²) in [5, 5.41) is 14.2. The maximum atomic E-state index is 12.5. The first-order valence-corrected chi connectivity index (χ1v) is 10.0. The molecular weight excluding hydrogens is 406 g/mol. The molecule has 2 atom stereocenters. The molecule has 0 radical (unpaired) electrons. The van der Waals surface area contributed by atoms with Crippen molar-refractivity contribution in [2.24, 2.45) is 0 Å². The van der Waals surface area contributed by atoms with E-state index in [1.54, 1.807) is 13.0 Å². The van der Waals surface area contributed by atoms with Gasteiger partial charge in [-0.15, -0.1) is 11.3 Å². The molecular formula is C21H21N3O5S. The van der Waals surface area contributed by atoms with Crippen molar-refractivity contribution in [1.82, 2.24) is 15.5 Å². The highest BCUT2D eigenvalue weighted by molar-refractivity contribution is 7.15. The molecule has 156 valence electrons. The van der Waals surface area contributed by atoms with Gasteiger partial charge in [0.2, 0.25) is 0 Å². The molecule has 2 aromatic rings. The quantitative estimate of drug-likeness (QED) is 0.613. The molecule has 0 spiro atoms. The fraction of sp³-hybridized carbons (Fsp3) is 0.238. The van der Waals surface area contributed by atoms with Crippen LogP contribution in [0.1, 0.15) is 24.3 Å². The van der Waals surface area contributed by atoms with Crippen LogP contribution in [-0.2, 0) is 14.4 Å². The van der Waals surface area contributed by atoms with Crippen molar-refractivity contribution < 1.29 is 24.3 Å². The van der Waals surface area contributed by atoms with Crippen LogP contribution in [0.15, 0.2) is 54.2 Å². The van der Waals surface area contributed by atoms with E-state index in [4.69, 9.17) is 0 Å². The summed E-state index contributed by atoms with van der Waals surface area (Å²) in [4.78, 5) is 51.2. The molecule has 1 aromatic heterocycles. The minimum absolute atomic E-state index is 0.340. The van der Waals surface area contributed by atoms with Crippen molar-refractivity contribution in [3.05, 3.63) is 59.1 Å². The number of carboxylic acids is 1. The molecule has 3 rings (SSSR count). The van der Waals surface area contributed by atoms with E-state index < -0.39 is 35.8 Å². The number of nitrogens with one attached hydrogen (secondary N) is 2. The first-order valence-electron chi connectivity index (χ1n) is 9.19. The van der Waals surface area contributed by atoms with Crippen molar-refractivity contribution in [3.63, 3.8) is 0 Å². The number of Topliss-reactive ketones (excluding diaryl/α,β-unsaturated/α-hetero) is 1. The fourth-order valence-electron chi connectivity index (χ4n) is 3.11. The number of benzene rings is 1. The molecule has 9 heteroatoms. The summed E-state index contributed by atoms with van der Waals surface area (Å²) >= 11 is 1.37. The highest BCUT2D eigenvalue weighted by Crippen LogP contribution is 2.32. The average Bonchev–Trinajstić information content (AvgIpc) is 3.20. The minimum Gasteiger partial charge on any atom is -0.481 e. The lowest BCUT2D eigenvalue weighted by Crippen LogP contribution is -2.56. The lowest BCUT2D eigenvalue weighted by molar-refractivity contribution is -0.138. The molecule has 0 aliphatic carbocycles. The van der Waals surface area contributed by atoms with Gasteiger partial charge in [-0.05, 0) is 24.6 Å². The van der Waals surface area contributed by atoms with Gasteiger partial charge in [0, 0.05) is 28.6 Å². The number of rotatable bonds is 6. The molecule has 0 saturated heterocycles. The predicted octanol–water partition coefficient (Wildman–Crippen LogP) is 2.54. The lowest BCUT2D eigenvalue weighted by atomic mass is 10.0. The normalized spacial score (nSPS) is 17.3. The highest BCUT2D eigenvalue weighted by atomic mass is 32.1. The maximum Gasteiger partial charge on any atom is 0.316 e. The Morgan fingerprint density at radius 1 is 1.17 bits per heavy atom. The van der Waals surface area contributed by atoms with Crippen molar-refractivity contribution in [2.75, 3.05) is 7.05 Å². The smallest absolute Gasteiger partial charge is 0.316 e. The van der Waals surface area contributed by atoms with Gasteiger partial charge in [0.05, 0.1) is 12.5 Å². The molecule has 0 bridgehead atoms. The van der Waals surface area contributed by atoms with Gasteiger partial charge in [-0.2, -0.15) is 0 Å². The number of urea groups is 1. The molecule has 1 aliphatic heterocycles. The van der Waals surface area contributed by atoms with Crippen molar-refractivity contribution in [2.45, 2.75) is 25.4 Å². The van der Waals surface area contributed by atoms with Crippen LogP contribution in [0.2, 0.25) is 0 Å². The predicted molar refractivity (Wildman–Crippen MR) is 112 cm³/mol. The molecule has 0 saturated carbocycles. The molecule has 3 N–H and O–H groups in total. The first kappa shape index (κ1) is 21.3. The van der Waals surface area contributed by atoms with Crippen LogP contribution in [0.25, 0.3) is 10.4 Å². The Labute approximate surface area is 177 Å². The molecule has 2 unspecified atom stereocenters. The number of carbonyl (C=O) groups excluding carboxylic acids is 3. The molecule has 8 nitrogen and oxygen atoms in total. The monoisotopic (exact) mass is 427 g/mol. The topological polar surface area (TPSA) is 116 Å². The third-order valence-electron chi connectivity index (χ3n) is 4.62. The standard InChI is InChI=1S/C21H21N3O5S/c1-12-11-24(2)20(28)18(19(12)27)23-21(29)22-14(10-17(25)26)16-9-8-15(30-16)13-6-4-3-5-7-13/h3-9,11,14,18H,10H2,1-2H3,(H,25,26)(H2,22,23,29). The second kappa shape index (κ2) is 8.91. The van der Waals surface area contributed by atoms with E-state index in [0.717, 1.165) is 10.4 Å². The summed E-state index contributed by atoms with van der Waals surface area (Å²) in [5.74, 6) is -2.14. The second-order valence-corrected chi connectivity index (χ2v) is 8.01. The lowest BCUT2D eigenvalue weighted by Gasteiger charge is -2.27. The Balaban J connectivity index is 1.75. The molecule has 2 heterocycles.